The van der Waals surface area contributed by atoms with Crippen LogP contribution in [-0.2, 0) is 6.42 Å². The van der Waals surface area contributed by atoms with Gasteiger partial charge in [-0.25, -0.2) is 0 Å². The molecule has 1 amide bonds. The van der Waals surface area contributed by atoms with E-state index in [4.69, 9.17) is 9.47 Å². The largest absolute Gasteiger partial charge is 0.483 e. The number of pyridine rings is 1. The van der Waals surface area contributed by atoms with Crippen LogP contribution in [0.1, 0.15) is 29.8 Å². The van der Waals surface area contributed by atoms with Crippen molar-refractivity contribution in [2.75, 3.05) is 13.2 Å². The van der Waals surface area contributed by atoms with Crippen LogP contribution in [0.2, 0.25) is 0 Å². The molecule has 2 heterocycles. The van der Waals surface area contributed by atoms with E-state index in [9.17, 15) is 4.79 Å². The van der Waals surface area contributed by atoms with Gasteiger partial charge in [0.2, 0.25) is 0 Å². The van der Waals surface area contributed by atoms with Crippen LogP contribution in [0.15, 0.2) is 41.1 Å². The van der Waals surface area contributed by atoms with Crippen molar-refractivity contribution in [3.05, 3.63) is 52.3 Å². The van der Waals surface area contributed by atoms with Crippen molar-refractivity contribution in [3.8, 4) is 23.3 Å². The van der Waals surface area contributed by atoms with Gasteiger partial charge in [-0.1, -0.05) is 24.0 Å². The Bertz CT molecular complexity index is 884. The third kappa shape index (κ3) is 4.55. The molecule has 5 nitrogen and oxygen atoms in total. The second kappa shape index (κ2) is 7.79. The molecule has 0 saturated heterocycles. The third-order valence-corrected chi connectivity index (χ3v) is 4.22. The Balaban J connectivity index is 1.49. The van der Waals surface area contributed by atoms with Crippen LogP contribution in [-0.4, -0.2) is 29.6 Å². The van der Waals surface area contributed by atoms with E-state index in [1.165, 1.54) is 6.20 Å². The number of para-hydroxylation sites is 1. The van der Waals surface area contributed by atoms with E-state index in [1.54, 1.807) is 12.3 Å². The minimum absolute atomic E-state index is 0.209. The van der Waals surface area contributed by atoms with Crippen LogP contribution >= 0.6 is 15.9 Å². The van der Waals surface area contributed by atoms with Crippen molar-refractivity contribution in [1.29, 1.82) is 0 Å². The Morgan fingerprint density at radius 1 is 1.38 bits per heavy atom. The van der Waals surface area contributed by atoms with Crippen LogP contribution in [0.3, 0.4) is 0 Å². The summed E-state index contributed by atoms with van der Waals surface area (Å²) in [5, 5.41) is 2.72. The van der Waals surface area contributed by atoms with Gasteiger partial charge in [-0.2, -0.15) is 0 Å². The van der Waals surface area contributed by atoms with Crippen LogP contribution in [0, 0.1) is 11.8 Å². The highest BCUT2D eigenvalue weighted by Gasteiger charge is 2.32. The van der Waals surface area contributed by atoms with Gasteiger partial charge in [-0.05, 0) is 41.9 Å². The van der Waals surface area contributed by atoms with Gasteiger partial charge in [0.1, 0.15) is 12.2 Å². The van der Waals surface area contributed by atoms with E-state index >= 15 is 0 Å². The van der Waals surface area contributed by atoms with E-state index in [0.29, 0.717) is 11.3 Å². The van der Waals surface area contributed by atoms with E-state index in [-0.39, 0.29) is 24.7 Å². The first-order valence-corrected chi connectivity index (χ1v) is 9.02. The topological polar surface area (TPSA) is 60.5 Å². The molecule has 1 aromatic carbocycles. The Labute approximate surface area is 161 Å². The maximum Gasteiger partial charge on any atom is 0.253 e. The summed E-state index contributed by atoms with van der Waals surface area (Å²) >= 11 is 3.29. The van der Waals surface area contributed by atoms with Crippen molar-refractivity contribution >= 4 is 21.8 Å². The van der Waals surface area contributed by atoms with E-state index in [2.05, 4.69) is 58.0 Å². The number of nitrogens with one attached hydrogen (secondary N) is 1. The highest BCUT2D eigenvalue weighted by atomic mass is 79.9. The van der Waals surface area contributed by atoms with Gasteiger partial charge in [0, 0.05) is 28.9 Å². The molecular weight excluding hydrogens is 396 g/mol. The molecule has 0 aliphatic carbocycles. The fourth-order valence-corrected chi connectivity index (χ4v) is 3.06. The zero-order valence-corrected chi connectivity index (χ0v) is 16.2. The van der Waals surface area contributed by atoms with Gasteiger partial charge in [0.25, 0.3) is 5.91 Å². The first kappa shape index (κ1) is 18.3. The van der Waals surface area contributed by atoms with Crippen molar-refractivity contribution in [2.24, 2.45) is 0 Å². The van der Waals surface area contributed by atoms with Crippen LogP contribution < -0.4 is 14.8 Å². The predicted octanol–water partition coefficient (Wildman–Crippen LogP) is 3.37. The van der Waals surface area contributed by atoms with Gasteiger partial charge in [-0.15, -0.1) is 0 Å². The summed E-state index contributed by atoms with van der Waals surface area (Å²) in [6.45, 7) is 4.58. The zero-order valence-electron chi connectivity index (χ0n) is 14.6. The average Bonchev–Trinajstić information content (AvgIpc) is 2.92. The summed E-state index contributed by atoms with van der Waals surface area (Å²) < 4.78 is 12.4. The van der Waals surface area contributed by atoms with Crippen molar-refractivity contribution in [2.45, 2.75) is 25.9 Å². The monoisotopic (exact) mass is 414 g/mol. The van der Waals surface area contributed by atoms with Gasteiger partial charge in [0.05, 0.1) is 12.1 Å². The SMILES string of the molecule is CC1(C)Cc2cccc(OCC#CCNC(=O)c3cncc(Br)c3)c2O1. The van der Waals surface area contributed by atoms with Crippen LogP contribution in [0.4, 0.5) is 0 Å². The standard InChI is InChI=1S/C20H19BrN2O3/c1-20(2)11-14-6-5-7-17(18(14)26-20)25-9-4-3-8-23-19(24)15-10-16(21)13-22-12-15/h5-7,10,12-13H,8-9,11H2,1-2H3,(H,23,24). The van der Waals surface area contributed by atoms with Gasteiger partial charge in [-0.3, -0.25) is 9.78 Å². The lowest BCUT2D eigenvalue weighted by atomic mass is 10.0. The number of carbonyl (C=O) groups excluding carboxylic acids is 1. The molecule has 0 saturated carbocycles. The molecule has 0 bridgehead atoms. The second-order valence-corrected chi connectivity index (χ2v) is 7.42. The molecule has 0 unspecified atom stereocenters. The minimum atomic E-state index is -0.217. The molecule has 0 radical (unpaired) electrons. The van der Waals surface area contributed by atoms with E-state index in [1.807, 2.05) is 12.1 Å². The van der Waals surface area contributed by atoms with Crippen LogP contribution in [0.25, 0.3) is 0 Å². The third-order valence-electron chi connectivity index (χ3n) is 3.78. The van der Waals surface area contributed by atoms with Gasteiger partial charge >= 0.3 is 0 Å². The number of halogens is 1. The molecule has 0 fully saturated rings. The Morgan fingerprint density at radius 3 is 3.04 bits per heavy atom. The smallest absolute Gasteiger partial charge is 0.253 e. The second-order valence-electron chi connectivity index (χ2n) is 6.50. The highest BCUT2D eigenvalue weighted by Crippen LogP contribution is 2.41. The molecule has 1 aromatic heterocycles. The fraction of sp³-hybridized carbons (Fsp3) is 0.300. The summed E-state index contributed by atoms with van der Waals surface area (Å²) in [6, 6.07) is 7.59. The number of hydrogen-bond acceptors (Lipinski definition) is 4. The molecule has 134 valence electrons. The predicted molar refractivity (Wildman–Crippen MR) is 102 cm³/mol. The Morgan fingerprint density at radius 2 is 2.23 bits per heavy atom. The molecule has 6 heteroatoms. The van der Waals surface area contributed by atoms with Gasteiger partial charge in [0.15, 0.2) is 11.5 Å². The van der Waals surface area contributed by atoms with Gasteiger partial charge < -0.3 is 14.8 Å². The van der Waals surface area contributed by atoms with Crippen LogP contribution in [0.5, 0.6) is 11.5 Å². The summed E-state index contributed by atoms with van der Waals surface area (Å²) in [5.74, 6) is 7.06. The lowest BCUT2D eigenvalue weighted by Gasteiger charge is -2.17. The zero-order chi connectivity index (χ0) is 18.6. The molecule has 2 aromatic rings. The number of carbonyl (C=O) groups is 1. The van der Waals surface area contributed by atoms with E-state index < -0.39 is 0 Å². The number of hydrogen-bond donors (Lipinski definition) is 1. The normalized spacial score (nSPS) is 13.8. The van der Waals surface area contributed by atoms with Crippen molar-refractivity contribution in [3.63, 3.8) is 0 Å². The number of benzene rings is 1. The summed E-state index contributed by atoms with van der Waals surface area (Å²) in [4.78, 5) is 15.9. The summed E-state index contributed by atoms with van der Waals surface area (Å²) in [7, 11) is 0. The molecular formula is C20H19BrN2O3. The highest BCUT2D eigenvalue weighted by molar-refractivity contribution is 9.10. The molecule has 26 heavy (non-hydrogen) atoms. The lowest BCUT2D eigenvalue weighted by molar-refractivity contribution is 0.0958. The molecule has 3 rings (SSSR count). The molecule has 1 aliphatic heterocycles. The first-order valence-electron chi connectivity index (χ1n) is 8.23. The number of rotatable bonds is 4. The molecule has 1 N–H and O–H groups in total. The molecule has 0 atom stereocenters. The molecule has 0 spiro atoms. The molecule has 1 aliphatic rings. The van der Waals surface area contributed by atoms with E-state index in [0.717, 1.165) is 22.2 Å². The Hall–Kier alpha value is -2.52. The van der Waals surface area contributed by atoms with Crippen molar-refractivity contribution in [1.82, 2.24) is 10.3 Å². The fourth-order valence-electron chi connectivity index (χ4n) is 2.69. The number of fused-ring (bicyclic) bond motifs is 1. The number of ether oxygens (including phenoxy) is 2. The maximum atomic E-state index is 12.0. The number of amides is 1. The Kier molecular flexibility index (Phi) is 5.48. The summed E-state index contributed by atoms with van der Waals surface area (Å²) in [5.41, 5.74) is 1.42. The number of nitrogens with zero attached hydrogens (tertiary/aromatic N) is 1. The van der Waals surface area contributed by atoms with Crippen molar-refractivity contribution < 1.29 is 14.3 Å². The summed E-state index contributed by atoms with van der Waals surface area (Å²) in [6.07, 6.45) is 3.99. The quantitative estimate of drug-likeness (QED) is 0.779. The first-order chi connectivity index (χ1) is 12.4. The average molecular weight is 415 g/mol. The maximum absolute atomic E-state index is 12.0. The lowest BCUT2D eigenvalue weighted by Crippen LogP contribution is -2.24. The number of aromatic nitrogens is 1. The minimum Gasteiger partial charge on any atom is -0.483 e.